The van der Waals surface area contributed by atoms with Gasteiger partial charge in [0.25, 0.3) is 5.91 Å². The van der Waals surface area contributed by atoms with Gasteiger partial charge in [0.1, 0.15) is 17.2 Å². The van der Waals surface area contributed by atoms with Gasteiger partial charge in [-0.15, -0.1) is 0 Å². The fourth-order valence-corrected chi connectivity index (χ4v) is 3.57. The monoisotopic (exact) mass is 476 g/mol. The SMILES string of the molecule is COc1ccc(/C=C2\N=C(SCC(=O)NC(N)=O)N(c3ccc(OC(F)F)cc3)C2=O)cc1. The Balaban J connectivity index is 1.89. The van der Waals surface area contributed by atoms with Crippen molar-refractivity contribution in [3.63, 3.8) is 0 Å². The molecule has 172 valence electrons. The number of nitrogens with two attached hydrogens (primary N) is 1. The Morgan fingerprint density at radius 2 is 1.79 bits per heavy atom. The predicted molar refractivity (Wildman–Crippen MR) is 119 cm³/mol. The van der Waals surface area contributed by atoms with Crippen LogP contribution in [0.25, 0.3) is 6.08 Å². The zero-order chi connectivity index (χ0) is 24.0. The van der Waals surface area contributed by atoms with E-state index >= 15 is 0 Å². The third-order valence-corrected chi connectivity index (χ3v) is 5.10. The van der Waals surface area contributed by atoms with Crippen LogP contribution in [0.4, 0.5) is 19.3 Å². The molecule has 3 rings (SSSR count). The lowest BCUT2D eigenvalue weighted by Gasteiger charge is -2.18. The first-order chi connectivity index (χ1) is 15.8. The number of methoxy groups -OCH3 is 1. The fraction of sp³-hybridized carbons (Fsp3) is 0.143. The lowest BCUT2D eigenvalue weighted by molar-refractivity contribution is -0.117. The molecule has 1 aliphatic rings. The van der Waals surface area contributed by atoms with Crippen LogP contribution in [0, 0.1) is 0 Å². The minimum atomic E-state index is -2.99. The van der Waals surface area contributed by atoms with Crippen molar-refractivity contribution in [3.05, 3.63) is 59.8 Å². The Bertz CT molecular complexity index is 1100. The molecule has 0 radical (unpaired) electrons. The molecule has 0 bridgehead atoms. The van der Waals surface area contributed by atoms with Gasteiger partial charge in [0.05, 0.1) is 18.6 Å². The molecule has 9 nitrogen and oxygen atoms in total. The topological polar surface area (TPSA) is 123 Å². The number of alkyl halides is 2. The summed E-state index contributed by atoms with van der Waals surface area (Å²) < 4.78 is 34.3. The molecule has 0 saturated heterocycles. The molecule has 33 heavy (non-hydrogen) atoms. The largest absolute Gasteiger partial charge is 0.497 e. The van der Waals surface area contributed by atoms with Gasteiger partial charge in [0.15, 0.2) is 5.17 Å². The second-order valence-electron chi connectivity index (χ2n) is 6.41. The van der Waals surface area contributed by atoms with E-state index in [2.05, 4.69) is 9.73 Å². The van der Waals surface area contributed by atoms with Crippen molar-refractivity contribution in [2.24, 2.45) is 10.7 Å². The standard InChI is InChI=1S/C21H18F2N4O5S/c1-31-14-6-2-12(3-7-14)10-16-18(29)27(13-4-8-15(9-5-13)32-19(22)23)21(25-16)33-11-17(28)26-20(24)30/h2-10,19H,11H2,1H3,(H3,24,26,28,30)/b16-10-. The average molecular weight is 476 g/mol. The van der Waals surface area contributed by atoms with Crippen molar-refractivity contribution in [2.45, 2.75) is 6.61 Å². The number of carbonyl (C=O) groups is 3. The minimum absolute atomic E-state index is 0.0821. The van der Waals surface area contributed by atoms with E-state index < -0.39 is 24.5 Å². The van der Waals surface area contributed by atoms with E-state index in [-0.39, 0.29) is 22.4 Å². The summed E-state index contributed by atoms with van der Waals surface area (Å²) in [5.74, 6) is -0.847. The fourth-order valence-electron chi connectivity index (χ4n) is 2.76. The minimum Gasteiger partial charge on any atom is -0.497 e. The lowest BCUT2D eigenvalue weighted by Crippen LogP contribution is -2.37. The number of thioether (sulfide) groups is 1. The number of hydrogen-bond donors (Lipinski definition) is 2. The Hall–Kier alpha value is -3.93. The van der Waals surface area contributed by atoms with Gasteiger partial charge in [-0.25, -0.2) is 9.79 Å². The Morgan fingerprint density at radius 3 is 2.36 bits per heavy atom. The molecule has 2 aromatic rings. The molecule has 12 heteroatoms. The highest BCUT2D eigenvalue weighted by Crippen LogP contribution is 2.31. The number of halogens is 2. The van der Waals surface area contributed by atoms with Crippen molar-refractivity contribution >= 4 is 46.5 Å². The van der Waals surface area contributed by atoms with E-state index in [4.69, 9.17) is 10.5 Å². The molecule has 1 heterocycles. The van der Waals surface area contributed by atoms with Crippen LogP contribution in [0.2, 0.25) is 0 Å². The van der Waals surface area contributed by atoms with Gasteiger partial charge in [-0.05, 0) is 48.0 Å². The molecular weight excluding hydrogens is 458 g/mol. The summed E-state index contributed by atoms with van der Waals surface area (Å²) in [4.78, 5) is 41.3. The first-order valence-electron chi connectivity index (χ1n) is 9.32. The Morgan fingerprint density at radius 1 is 1.15 bits per heavy atom. The summed E-state index contributed by atoms with van der Waals surface area (Å²) in [6.45, 7) is -2.99. The Labute approximate surface area is 191 Å². The number of aliphatic imine (C=N–C) groups is 1. The molecule has 0 saturated carbocycles. The summed E-state index contributed by atoms with van der Waals surface area (Å²) >= 11 is 0.899. The highest BCUT2D eigenvalue weighted by atomic mass is 32.2. The van der Waals surface area contributed by atoms with E-state index in [0.717, 1.165) is 11.8 Å². The van der Waals surface area contributed by atoms with Gasteiger partial charge in [-0.2, -0.15) is 8.78 Å². The quantitative estimate of drug-likeness (QED) is 0.593. The molecule has 0 unspecified atom stereocenters. The maximum Gasteiger partial charge on any atom is 0.387 e. The van der Waals surface area contributed by atoms with E-state index in [9.17, 15) is 23.2 Å². The number of rotatable bonds is 7. The molecule has 3 N–H and O–H groups in total. The van der Waals surface area contributed by atoms with Crippen molar-refractivity contribution in [1.82, 2.24) is 5.32 Å². The summed E-state index contributed by atoms with van der Waals surface area (Å²) in [5.41, 5.74) is 6.03. The smallest absolute Gasteiger partial charge is 0.387 e. The van der Waals surface area contributed by atoms with E-state index in [1.165, 1.54) is 36.3 Å². The van der Waals surface area contributed by atoms with Crippen LogP contribution < -0.4 is 25.4 Å². The van der Waals surface area contributed by atoms with Gasteiger partial charge in [0, 0.05) is 0 Å². The first-order valence-corrected chi connectivity index (χ1v) is 10.3. The number of amidine groups is 1. The van der Waals surface area contributed by atoms with Gasteiger partial charge in [-0.3, -0.25) is 19.8 Å². The molecule has 0 aromatic heterocycles. The Kier molecular flexibility index (Phi) is 7.61. The third kappa shape index (κ3) is 6.29. The summed E-state index contributed by atoms with van der Waals surface area (Å²) in [7, 11) is 1.53. The second kappa shape index (κ2) is 10.6. The zero-order valence-electron chi connectivity index (χ0n) is 17.2. The van der Waals surface area contributed by atoms with Gasteiger partial charge in [-0.1, -0.05) is 23.9 Å². The van der Waals surface area contributed by atoms with Crippen LogP contribution in [-0.2, 0) is 9.59 Å². The number of benzene rings is 2. The predicted octanol–water partition coefficient (Wildman–Crippen LogP) is 2.97. The van der Waals surface area contributed by atoms with Crippen LogP contribution in [0.1, 0.15) is 5.56 Å². The number of carbonyl (C=O) groups excluding carboxylic acids is 3. The van der Waals surface area contributed by atoms with Crippen LogP contribution >= 0.6 is 11.8 Å². The molecule has 1 aliphatic heterocycles. The van der Waals surface area contributed by atoms with Crippen molar-refractivity contribution < 1.29 is 32.6 Å². The summed E-state index contributed by atoms with van der Waals surface area (Å²) in [5, 5.41) is 2.08. The van der Waals surface area contributed by atoms with Crippen molar-refractivity contribution in [2.75, 3.05) is 17.8 Å². The first kappa shape index (κ1) is 23.7. The van der Waals surface area contributed by atoms with Crippen LogP contribution in [0.15, 0.2) is 59.2 Å². The second-order valence-corrected chi connectivity index (χ2v) is 7.35. The molecule has 0 aliphatic carbocycles. The average Bonchev–Trinajstić information content (AvgIpc) is 3.07. The van der Waals surface area contributed by atoms with Crippen LogP contribution in [0.5, 0.6) is 11.5 Å². The zero-order valence-corrected chi connectivity index (χ0v) is 18.0. The maximum atomic E-state index is 13.1. The number of nitrogens with one attached hydrogen (secondary N) is 1. The summed E-state index contributed by atoms with van der Waals surface area (Å²) in [6.07, 6.45) is 1.56. The molecule has 2 aromatic carbocycles. The van der Waals surface area contributed by atoms with Crippen LogP contribution in [0.3, 0.4) is 0 Å². The highest BCUT2D eigenvalue weighted by Gasteiger charge is 2.32. The number of nitrogens with zero attached hydrogens (tertiary/aromatic N) is 2. The number of anilines is 1. The van der Waals surface area contributed by atoms with E-state index in [1.54, 1.807) is 30.3 Å². The number of urea groups is 1. The number of primary amides is 1. The van der Waals surface area contributed by atoms with E-state index in [1.807, 2.05) is 5.32 Å². The van der Waals surface area contributed by atoms with Crippen molar-refractivity contribution in [3.8, 4) is 11.5 Å². The molecule has 0 atom stereocenters. The lowest BCUT2D eigenvalue weighted by atomic mass is 10.2. The number of imide groups is 1. The molecule has 0 spiro atoms. The number of amides is 4. The normalized spacial score (nSPS) is 14.4. The molecule has 0 fully saturated rings. The maximum absolute atomic E-state index is 13.1. The third-order valence-electron chi connectivity index (χ3n) is 4.16. The van der Waals surface area contributed by atoms with Crippen molar-refractivity contribution in [1.29, 1.82) is 0 Å². The van der Waals surface area contributed by atoms with E-state index in [0.29, 0.717) is 17.0 Å². The number of hydrogen-bond acceptors (Lipinski definition) is 7. The highest BCUT2D eigenvalue weighted by molar-refractivity contribution is 8.14. The van der Waals surface area contributed by atoms with Gasteiger partial charge in [0.2, 0.25) is 5.91 Å². The molecular formula is C21H18F2N4O5S. The summed E-state index contributed by atoms with van der Waals surface area (Å²) in [6, 6.07) is 11.3. The van der Waals surface area contributed by atoms with Crippen LogP contribution in [-0.4, -0.2) is 42.5 Å². The van der Waals surface area contributed by atoms with Gasteiger partial charge >= 0.3 is 12.6 Å². The number of ether oxygens (including phenoxy) is 2. The molecule has 4 amide bonds. The van der Waals surface area contributed by atoms with Gasteiger partial charge < -0.3 is 15.2 Å².